The molecule has 17 heavy (non-hydrogen) atoms. The molecule has 0 unspecified atom stereocenters. The number of hydrogen-bond donors (Lipinski definition) is 1. The summed E-state index contributed by atoms with van der Waals surface area (Å²) < 4.78 is 4.78. The molecule has 4 heteroatoms. The second-order valence-corrected chi connectivity index (χ2v) is 4.34. The fraction of sp³-hybridized carbons (Fsp3) is 0.462. The van der Waals surface area contributed by atoms with Crippen LogP contribution in [0.2, 0.25) is 0 Å². The van der Waals surface area contributed by atoms with Crippen LogP contribution in [-0.4, -0.2) is 35.4 Å². The number of ether oxygens (including phenoxy) is 1. The normalized spacial score (nSPS) is 17.9. The molecule has 0 bridgehead atoms. The van der Waals surface area contributed by atoms with E-state index in [1.807, 2.05) is 18.2 Å². The Morgan fingerprint density at radius 3 is 2.53 bits per heavy atom. The molecule has 0 radical (unpaired) electrons. The van der Waals surface area contributed by atoms with E-state index in [-0.39, 0.29) is 6.10 Å². The third-order valence-corrected chi connectivity index (χ3v) is 3.05. The summed E-state index contributed by atoms with van der Waals surface area (Å²) in [5.74, 6) is 0. The quantitative estimate of drug-likeness (QED) is 0.817. The highest BCUT2D eigenvalue weighted by molar-refractivity contribution is 5.57. The lowest BCUT2D eigenvalue weighted by atomic mass is 10.1. The second kappa shape index (κ2) is 5.68. The predicted octanol–water partition coefficient (Wildman–Crippen LogP) is 2.35. The van der Waals surface area contributed by atoms with E-state index in [0.717, 1.165) is 32.5 Å². The molecule has 1 fully saturated rings. The summed E-state index contributed by atoms with van der Waals surface area (Å²) >= 11 is 0. The van der Waals surface area contributed by atoms with Crippen LogP contribution in [0.4, 0.5) is 4.79 Å². The van der Waals surface area contributed by atoms with Gasteiger partial charge in [-0.25, -0.2) is 4.79 Å². The van der Waals surface area contributed by atoms with Crippen molar-refractivity contribution in [2.45, 2.75) is 25.5 Å². The summed E-state index contributed by atoms with van der Waals surface area (Å²) in [6.07, 6.45) is 0.296. The number of rotatable bonds is 3. The zero-order valence-corrected chi connectivity index (χ0v) is 9.71. The van der Waals surface area contributed by atoms with Crippen molar-refractivity contribution in [3.8, 4) is 0 Å². The molecule has 1 heterocycles. The van der Waals surface area contributed by atoms with Gasteiger partial charge < -0.3 is 9.84 Å². The van der Waals surface area contributed by atoms with Gasteiger partial charge >= 0.3 is 6.16 Å². The molecule has 1 N–H and O–H groups in total. The number of carboxylic acid groups (broad SMARTS) is 1. The van der Waals surface area contributed by atoms with Crippen LogP contribution in [0.3, 0.4) is 0 Å². The molecular formula is C13H17NO3. The molecule has 0 atom stereocenters. The predicted molar refractivity (Wildman–Crippen MR) is 63.9 cm³/mol. The van der Waals surface area contributed by atoms with E-state index in [1.165, 1.54) is 5.56 Å². The zero-order chi connectivity index (χ0) is 12.1. The summed E-state index contributed by atoms with van der Waals surface area (Å²) in [7, 11) is 0. The largest absolute Gasteiger partial charge is 0.506 e. The first-order valence-corrected chi connectivity index (χ1v) is 5.90. The molecule has 0 saturated carbocycles. The van der Waals surface area contributed by atoms with Crippen molar-refractivity contribution >= 4 is 6.16 Å². The van der Waals surface area contributed by atoms with Crippen LogP contribution < -0.4 is 0 Å². The molecule has 0 amide bonds. The van der Waals surface area contributed by atoms with E-state index in [2.05, 4.69) is 17.0 Å². The van der Waals surface area contributed by atoms with Crippen LogP contribution in [0.1, 0.15) is 18.4 Å². The highest BCUT2D eigenvalue weighted by atomic mass is 16.7. The van der Waals surface area contributed by atoms with Gasteiger partial charge in [-0.2, -0.15) is 0 Å². The molecule has 1 aromatic rings. The molecule has 1 saturated heterocycles. The Morgan fingerprint density at radius 2 is 1.94 bits per heavy atom. The van der Waals surface area contributed by atoms with Crippen molar-refractivity contribution in [3.63, 3.8) is 0 Å². The van der Waals surface area contributed by atoms with E-state index >= 15 is 0 Å². The fourth-order valence-corrected chi connectivity index (χ4v) is 2.17. The Kier molecular flexibility index (Phi) is 3.98. The van der Waals surface area contributed by atoms with E-state index in [9.17, 15) is 4.79 Å². The number of carbonyl (C=O) groups is 1. The monoisotopic (exact) mass is 235 g/mol. The molecule has 0 aromatic heterocycles. The molecule has 1 aromatic carbocycles. The Bertz CT molecular complexity index is 358. The average Bonchev–Trinajstić information content (AvgIpc) is 2.32. The summed E-state index contributed by atoms with van der Waals surface area (Å²) in [5.41, 5.74) is 1.30. The lowest BCUT2D eigenvalue weighted by Crippen LogP contribution is -2.37. The number of nitrogens with zero attached hydrogens (tertiary/aromatic N) is 1. The Labute approximate surface area is 101 Å². The van der Waals surface area contributed by atoms with Crippen molar-refractivity contribution in [2.75, 3.05) is 13.1 Å². The molecule has 2 rings (SSSR count). The van der Waals surface area contributed by atoms with Gasteiger partial charge in [-0.15, -0.1) is 0 Å². The lowest BCUT2D eigenvalue weighted by Gasteiger charge is -2.30. The molecule has 1 aliphatic heterocycles. The summed E-state index contributed by atoms with van der Waals surface area (Å²) in [5, 5.41) is 8.53. The van der Waals surface area contributed by atoms with Crippen LogP contribution in [0, 0.1) is 0 Å². The molecule has 92 valence electrons. The number of likely N-dealkylation sites (tertiary alicyclic amines) is 1. The first-order valence-electron chi connectivity index (χ1n) is 5.90. The number of hydrogen-bond acceptors (Lipinski definition) is 3. The first-order chi connectivity index (χ1) is 8.24. The Morgan fingerprint density at radius 1 is 1.29 bits per heavy atom. The average molecular weight is 235 g/mol. The second-order valence-electron chi connectivity index (χ2n) is 4.34. The Balaban J connectivity index is 1.78. The van der Waals surface area contributed by atoms with Gasteiger partial charge in [0.15, 0.2) is 0 Å². The van der Waals surface area contributed by atoms with Gasteiger partial charge in [0.05, 0.1) is 0 Å². The maximum Gasteiger partial charge on any atom is 0.506 e. The van der Waals surface area contributed by atoms with Crippen LogP contribution in [0.25, 0.3) is 0 Å². The molecule has 0 aliphatic carbocycles. The standard InChI is InChI=1S/C13H17NO3/c15-13(16)17-12-6-8-14(9-7-12)10-11-4-2-1-3-5-11/h1-5,12H,6-10H2,(H,15,16). The van der Waals surface area contributed by atoms with Crippen LogP contribution >= 0.6 is 0 Å². The van der Waals surface area contributed by atoms with Crippen molar-refractivity contribution in [1.29, 1.82) is 0 Å². The highest BCUT2D eigenvalue weighted by Crippen LogP contribution is 2.16. The third-order valence-electron chi connectivity index (χ3n) is 3.05. The summed E-state index contributed by atoms with van der Waals surface area (Å²) in [4.78, 5) is 12.7. The zero-order valence-electron chi connectivity index (χ0n) is 9.71. The SMILES string of the molecule is O=C(O)OC1CCN(Cc2ccccc2)CC1. The van der Waals surface area contributed by atoms with Crippen molar-refractivity contribution in [2.24, 2.45) is 0 Å². The summed E-state index contributed by atoms with van der Waals surface area (Å²) in [6.45, 7) is 2.72. The first kappa shape index (κ1) is 11.9. The van der Waals surface area contributed by atoms with Gasteiger partial charge in [0.25, 0.3) is 0 Å². The van der Waals surface area contributed by atoms with Crippen LogP contribution in [-0.2, 0) is 11.3 Å². The molecular weight excluding hydrogens is 218 g/mol. The van der Waals surface area contributed by atoms with E-state index in [1.54, 1.807) is 0 Å². The minimum absolute atomic E-state index is 0.125. The Hall–Kier alpha value is -1.55. The van der Waals surface area contributed by atoms with Crippen molar-refractivity contribution < 1.29 is 14.6 Å². The van der Waals surface area contributed by atoms with Crippen LogP contribution in [0.5, 0.6) is 0 Å². The van der Waals surface area contributed by atoms with Gasteiger partial charge in [0, 0.05) is 19.6 Å². The van der Waals surface area contributed by atoms with Gasteiger partial charge in [0.2, 0.25) is 0 Å². The van der Waals surface area contributed by atoms with Crippen molar-refractivity contribution in [3.05, 3.63) is 35.9 Å². The van der Waals surface area contributed by atoms with Crippen LogP contribution in [0.15, 0.2) is 30.3 Å². The number of piperidine rings is 1. The lowest BCUT2D eigenvalue weighted by molar-refractivity contribution is 0.0185. The minimum atomic E-state index is -1.16. The third kappa shape index (κ3) is 3.75. The van der Waals surface area contributed by atoms with Gasteiger partial charge in [-0.3, -0.25) is 4.90 Å². The van der Waals surface area contributed by atoms with Gasteiger partial charge in [-0.05, 0) is 18.4 Å². The van der Waals surface area contributed by atoms with Crippen molar-refractivity contribution in [1.82, 2.24) is 4.90 Å². The fourth-order valence-electron chi connectivity index (χ4n) is 2.17. The summed E-state index contributed by atoms with van der Waals surface area (Å²) in [6, 6.07) is 10.3. The topological polar surface area (TPSA) is 49.8 Å². The molecule has 4 nitrogen and oxygen atoms in total. The van der Waals surface area contributed by atoms with E-state index < -0.39 is 6.16 Å². The maximum absolute atomic E-state index is 10.4. The van der Waals surface area contributed by atoms with Gasteiger partial charge in [-0.1, -0.05) is 30.3 Å². The molecule has 0 spiro atoms. The number of benzene rings is 1. The van der Waals surface area contributed by atoms with E-state index in [0.29, 0.717) is 0 Å². The van der Waals surface area contributed by atoms with E-state index in [4.69, 9.17) is 9.84 Å². The minimum Gasteiger partial charge on any atom is -0.450 e. The highest BCUT2D eigenvalue weighted by Gasteiger charge is 2.21. The smallest absolute Gasteiger partial charge is 0.450 e. The maximum atomic E-state index is 10.4. The van der Waals surface area contributed by atoms with Gasteiger partial charge in [0.1, 0.15) is 6.10 Å². The molecule has 1 aliphatic rings.